The summed E-state index contributed by atoms with van der Waals surface area (Å²) in [6.45, 7) is 6.20. The van der Waals surface area contributed by atoms with Gasteiger partial charge in [-0.15, -0.1) is 0 Å². The van der Waals surface area contributed by atoms with E-state index in [-0.39, 0.29) is 5.41 Å². The van der Waals surface area contributed by atoms with Crippen LogP contribution in [0.15, 0.2) is 18.2 Å². The molecule has 0 bridgehead atoms. The average molecular weight is 320 g/mol. The van der Waals surface area contributed by atoms with Crippen LogP contribution in [0.25, 0.3) is 0 Å². The summed E-state index contributed by atoms with van der Waals surface area (Å²) in [5.74, 6) is -0.717. The molecule has 0 aliphatic rings. The molecular formula is C11H13IO3. The van der Waals surface area contributed by atoms with Crippen molar-refractivity contribution in [1.29, 1.82) is 0 Å². The Labute approximate surface area is 103 Å². The maximum Gasteiger partial charge on any atom is 0.373 e. The third-order valence-corrected chi connectivity index (χ3v) is 3.27. The predicted octanol–water partition coefficient (Wildman–Crippen LogP) is 3.22. The zero-order valence-corrected chi connectivity index (χ0v) is 11.0. The van der Waals surface area contributed by atoms with Crippen molar-refractivity contribution in [2.24, 2.45) is 0 Å². The molecule has 0 radical (unpaired) electrons. The Balaban J connectivity index is 3.30. The van der Waals surface area contributed by atoms with Crippen molar-refractivity contribution in [2.75, 3.05) is 0 Å². The lowest BCUT2D eigenvalue weighted by atomic mass is 9.86. The summed E-state index contributed by atoms with van der Waals surface area (Å²) in [7, 11) is 0. The molecule has 0 spiro atoms. The Morgan fingerprint density at radius 2 is 2.00 bits per heavy atom. The second kappa shape index (κ2) is 4.49. The Hall–Kier alpha value is -0.620. The minimum Gasteiger partial charge on any atom is -0.295 e. The second-order valence-electron chi connectivity index (χ2n) is 4.30. The standard InChI is InChI=1S/C11H13IO3/c1-11(2,3)8-6-4-5-7(9(8)12)10(13)15-14/h4-6,14H,1-3H3. The molecule has 0 heterocycles. The van der Waals surface area contributed by atoms with Gasteiger partial charge in [0.2, 0.25) is 0 Å². The zero-order chi connectivity index (χ0) is 11.6. The van der Waals surface area contributed by atoms with Crippen LogP contribution in [0.1, 0.15) is 36.7 Å². The fourth-order valence-electron chi connectivity index (χ4n) is 1.32. The molecule has 15 heavy (non-hydrogen) atoms. The quantitative estimate of drug-likeness (QED) is 0.491. The lowest BCUT2D eigenvalue weighted by Gasteiger charge is -2.21. The van der Waals surface area contributed by atoms with Crippen LogP contribution in [-0.4, -0.2) is 11.2 Å². The van der Waals surface area contributed by atoms with Gasteiger partial charge in [0.1, 0.15) is 0 Å². The Kier molecular flexibility index (Phi) is 3.72. The molecule has 0 aliphatic carbocycles. The molecule has 82 valence electrons. The van der Waals surface area contributed by atoms with Gasteiger partial charge in [-0.2, -0.15) is 5.26 Å². The molecule has 1 N–H and O–H groups in total. The summed E-state index contributed by atoms with van der Waals surface area (Å²) in [6.07, 6.45) is 0. The number of benzene rings is 1. The van der Waals surface area contributed by atoms with E-state index < -0.39 is 5.97 Å². The summed E-state index contributed by atoms with van der Waals surface area (Å²) >= 11 is 2.09. The lowest BCUT2D eigenvalue weighted by Crippen LogP contribution is -2.16. The van der Waals surface area contributed by atoms with Crippen LogP contribution < -0.4 is 0 Å². The van der Waals surface area contributed by atoms with Gasteiger partial charge in [-0.25, -0.2) is 4.79 Å². The van der Waals surface area contributed by atoms with Crippen LogP contribution in [-0.2, 0) is 10.3 Å². The molecule has 0 saturated carbocycles. The summed E-state index contributed by atoms with van der Waals surface area (Å²) in [6, 6.07) is 5.39. The number of hydrogen-bond donors (Lipinski definition) is 1. The number of halogens is 1. The van der Waals surface area contributed by atoms with Gasteiger partial charge in [-0.05, 0) is 39.6 Å². The van der Waals surface area contributed by atoms with Crippen molar-refractivity contribution in [3.8, 4) is 0 Å². The topological polar surface area (TPSA) is 46.5 Å². The molecule has 0 unspecified atom stereocenters. The summed E-state index contributed by atoms with van der Waals surface area (Å²) in [4.78, 5) is 15.0. The maximum atomic E-state index is 11.2. The van der Waals surface area contributed by atoms with Gasteiger partial charge >= 0.3 is 5.97 Å². The first-order chi connectivity index (χ1) is 6.88. The first kappa shape index (κ1) is 12.4. The highest BCUT2D eigenvalue weighted by Crippen LogP contribution is 2.29. The predicted molar refractivity (Wildman–Crippen MR) is 65.9 cm³/mol. The van der Waals surface area contributed by atoms with E-state index in [0.29, 0.717) is 5.56 Å². The molecule has 4 heteroatoms. The lowest BCUT2D eigenvalue weighted by molar-refractivity contribution is -0.182. The molecule has 1 aromatic rings. The molecule has 0 atom stereocenters. The molecule has 0 saturated heterocycles. The van der Waals surface area contributed by atoms with Crippen LogP contribution in [0.5, 0.6) is 0 Å². The van der Waals surface area contributed by atoms with E-state index in [0.717, 1.165) is 9.13 Å². The Bertz CT molecular complexity index is 380. The van der Waals surface area contributed by atoms with E-state index in [4.69, 9.17) is 5.26 Å². The van der Waals surface area contributed by atoms with Crippen LogP contribution in [0, 0.1) is 3.57 Å². The van der Waals surface area contributed by atoms with Gasteiger partial charge in [-0.3, -0.25) is 4.89 Å². The SMILES string of the molecule is CC(C)(C)c1cccc(C(=O)OO)c1I. The van der Waals surface area contributed by atoms with Gasteiger partial charge in [0, 0.05) is 3.57 Å². The molecule has 0 aliphatic heterocycles. The third-order valence-electron chi connectivity index (χ3n) is 2.11. The monoisotopic (exact) mass is 320 g/mol. The van der Waals surface area contributed by atoms with Gasteiger partial charge < -0.3 is 0 Å². The van der Waals surface area contributed by atoms with E-state index in [2.05, 4.69) is 48.2 Å². The van der Waals surface area contributed by atoms with E-state index in [1.807, 2.05) is 6.07 Å². The smallest absolute Gasteiger partial charge is 0.295 e. The van der Waals surface area contributed by atoms with Gasteiger partial charge in [0.15, 0.2) is 0 Å². The molecule has 1 rings (SSSR count). The van der Waals surface area contributed by atoms with Crippen LogP contribution in [0.4, 0.5) is 0 Å². The van der Waals surface area contributed by atoms with E-state index in [9.17, 15) is 4.79 Å². The number of carbonyl (C=O) groups is 1. The molecule has 1 aromatic carbocycles. The maximum absolute atomic E-state index is 11.2. The van der Waals surface area contributed by atoms with Gasteiger partial charge in [-0.1, -0.05) is 32.9 Å². The number of carbonyl (C=O) groups excluding carboxylic acids is 1. The minimum atomic E-state index is -0.717. The highest BCUT2D eigenvalue weighted by Gasteiger charge is 2.21. The highest BCUT2D eigenvalue weighted by molar-refractivity contribution is 14.1. The average Bonchev–Trinajstić information content (AvgIpc) is 2.15. The molecule has 0 fully saturated rings. The van der Waals surface area contributed by atoms with Crippen LogP contribution >= 0.6 is 22.6 Å². The minimum absolute atomic E-state index is 0.0394. The van der Waals surface area contributed by atoms with Crippen molar-refractivity contribution in [2.45, 2.75) is 26.2 Å². The fourth-order valence-corrected chi connectivity index (χ4v) is 2.71. The van der Waals surface area contributed by atoms with Crippen molar-refractivity contribution >= 4 is 28.6 Å². The second-order valence-corrected chi connectivity index (χ2v) is 5.37. The van der Waals surface area contributed by atoms with Crippen molar-refractivity contribution < 1.29 is 14.9 Å². The third kappa shape index (κ3) is 2.69. The normalized spacial score (nSPS) is 11.3. The molecule has 0 amide bonds. The largest absolute Gasteiger partial charge is 0.373 e. The first-order valence-electron chi connectivity index (χ1n) is 4.52. The molecular weight excluding hydrogens is 307 g/mol. The van der Waals surface area contributed by atoms with Crippen molar-refractivity contribution in [3.63, 3.8) is 0 Å². The van der Waals surface area contributed by atoms with Crippen LogP contribution in [0.2, 0.25) is 0 Å². The van der Waals surface area contributed by atoms with E-state index >= 15 is 0 Å². The zero-order valence-electron chi connectivity index (χ0n) is 8.87. The van der Waals surface area contributed by atoms with Crippen molar-refractivity contribution in [1.82, 2.24) is 0 Å². The van der Waals surface area contributed by atoms with E-state index in [1.165, 1.54) is 0 Å². The summed E-state index contributed by atoms with van der Waals surface area (Å²) in [5, 5.41) is 8.35. The van der Waals surface area contributed by atoms with Crippen molar-refractivity contribution in [3.05, 3.63) is 32.9 Å². The summed E-state index contributed by atoms with van der Waals surface area (Å²) in [5.41, 5.74) is 1.42. The fraction of sp³-hybridized carbons (Fsp3) is 0.364. The number of hydrogen-bond acceptors (Lipinski definition) is 3. The molecule has 0 aromatic heterocycles. The highest BCUT2D eigenvalue weighted by atomic mass is 127. The Morgan fingerprint density at radius 3 is 2.47 bits per heavy atom. The summed E-state index contributed by atoms with van der Waals surface area (Å²) < 4.78 is 0.821. The first-order valence-corrected chi connectivity index (χ1v) is 5.60. The Morgan fingerprint density at radius 1 is 1.40 bits per heavy atom. The van der Waals surface area contributed by atoms with Crippen LogP contribution in [0.3, 0.4) is 0 Å². The van der Waals surface area contributed by atoms with E-state index in [1.54, 1.807) is 12.1 Å². The van der Waals surface area contributed by atoms with Gasteiger partial charge in [0.05, 0.1) is 5.56 Å². The van der Waals surface area contributed by atoms with Gasteiger partial charge in [0.25, 0.3) is 0 Å². The number of rotatable bonds is 1. The molecule has 3 nitrogen and oxygen atoms in total.